The Morgan fingerprint density at radius 2 is 1.89 bits per heavy atom. The lowest BCUT2D eigenvalue weighted by molar-refractivity contribution is -0.125. The SMILES string of the molecule is CC(C)CC1N=C2c3ccccc3N=C(SCC(=O)NCCc3ccc(S(N)(=O)=O)cc3)N2C1=O. The van der Waals surface area contributed by atoms with Gasteiger partial charge in [-0.25, -0.2) is 23.4 Å². The van der Waals surface area contributed by atoms with E-state index in [1.54, 1.807) is 17.0 Å². The predicted molar refractivity (Wildman–Crippen MR) is 137 cm³/mol. The topological polar surface area (TPSA) is 134 Å². The van der Waals surface area contributed by atoms with Gasteiger partial charge in [0, 0.05) is 12.1 Å². The Bertz CT molecular complexity index is 1300. The summed E-state index contributed by atoms with van der Waals surface area (Å²) in [5.74, 6) is 0.702. The minimum Gasteiger partial charge on any atom is -0.355 e. The van der Waals surface area contributed by atoms with Crippen molar-refractivity contribution in [1.82, 2.24) is 10.2 Å². The number of amides is 2. The maximum Gasteiger partial charge on any atom is 0.259 e. The molecule has 3 N–H and O–H groups in total. The van der Waals surface area contributed by atoms with Crippen LogP contribution < -0.4 is 10.5 Å². The van der Waals surface area contributed by atoms with Crippen LogP contribution in [0.5, 0.6) is 0 Å². The van der Waals surface area contributed by atoms with Crippen molar-refractivity contribution in [2.45, 2.75) is 37.6 Å². The first-order chi connectivity index (χ1) is 16.6. The van der Waals surface area contributed by atoms with Gasteiger partial charge in [-0.05, 0) is 48.6 Å². The highest BCUT2D eigenvalue weighted by molar-refractivity contribution is 8.14. The van der Waals surface area contributed by atoms with Crippen LogP contribution in [0.3, 0.4) is 0 Å². The number of amidine groups is 2. The van der Waals surface area contributed by atoms with Crippen LogP contribution in [0.4, 0.5) is 5.69 Å². The molecule has 1 atom stereocenters. The molecule has 0 bridgehead atoms. The maximum atomic E-state index is 13.1. The molecule has 0 spiro atoms. The Balaban J connectivity index is 1.37. The van der Waals surface area contributed by atoms with Crippen LogP contribution in [-0.2, 0) is 26.0 Å². The number of sulfonamides is 1. The van der Waals surface area contributed by atoms with Crippen LogP contribution in [0.1, 0.15) is 31.4 Å². The fourth-order valence-corrected chi connectivity index (χ4v) is 5.22. The van der Waals surface area contributed by atoms with Gasteiger partial charge in [0.15, 0.2) is 5.17 Å². The number of aliphatic imine (C=N–C) groups is 2. The first kappa shape index (κ1) is 25.1. The van der Waals surface area contributed by atoms with Crippen LogP contribution in [0.25, 0.3) is 0 Å². The summed E-state index contributed by atoms with van der Waals surface area (Å²) < 4.78 is 22.7. The number of thioether (sulfide) groups is 1. The summed E-state index contributed by atoms with van der Waals surface area (Å²) in [5, 5.41) is 8.41. The molecule has 11 heteroatoms. The van der Waals surface area contributed by atoms with E-state index in [9.17, 15) is 18.0 Å². The highest BCUT2D eigenvalue weighted by Crippen LogP contribution is 2.34. The molecule has 2 aromatic rings. The van der Waals surface area contributed by atoms with E-state index in [1.807, 2.05) is 24.3 Å². The van der Waals surface area contributed by atoms with Gasteiger partial charge in [-0.2, -0.15) is 0 Å². The molecule has 35 heavy (non-hydrogen) atoms. The summed E-state index contributed by atoms with van der Waals surface area (Å²) in [5.41, 5.74) is 2.42. The molecule has 2 heterocycles. The molecule has 4 rings (SSSR count). The zero-order chi connectivity index (χ0) is 25.2. The Kier molecular flexibility index (Phi) is 7.39. The van der Waals surface area contributed by atoms with Crippen molar-refractivity contribution in [3.63, 3.8) is 0 Å². The quantitative estimate of drug-likeness (QED) is 0.559. The van der Waals surface area contributed by atoms with Crippen molar-refractivity contribution < 1.29 is 18.0 Å². The van der Waals surface area contributed by atoms with Crippen molar-refractivity contribution in [3.05, 3.63) is 59.7 Å². The average molecular weight is 514 g/mol. The normalized spacial score (nSPS) is 17.1. The van der Waals surface area contributed by atoms with Crippen LogP contribution in [0.15, 0.2) is 63.4 Å². The molecular formula is C24H27N5O4S2. The summed E-state index contributed by atoms with van der Waals surface area (Å²) in [7, 11) is -3.73. The fourth-order valence-electron chi connectivity index (χ4n) is 3.87. The van der Waals surface area contributed by atoms with E-state index in [0.29, 0.717) is 36.3 Å². The van der Waals surface area contributed by atoms with E-state index in [-0.39, 0.29) is 22.5 Å². The number of nitrogens with zero attached hydrogens (tertiary/aromatic N) is 3. The van der Waals surface area contributed by atoms with E-state index >= 15 is 0 Å². The second-order valence-electron chi connectivity index (χ2n) is 8.76. The van der Waals surface area contributed by atoms with Crippen LogP contribution in [0.2, 0.25) is 0 Å². The summed E-state index contributed by atoms with van der Waals surface area (Å²) in [6.45, 7) is 4.50. The fraction of sp³-hybridized carbons (Fsp3) is 0.333. The smallest absolute Gasteiger partial charge is 0.259 e. The van der Waals surface area contributed by atoms with Crippen LogP contribution in [-0.4, -0.2) is 54.5 Å². The van der Waals surface area contributed by atoms with E-state index in [1.165, 1.54) is 23.9 Å². The first-order valence-corrected chi connectivity index (χ1v) is 13.8. The molecule has 184 valence electrons. The lowest BCUT2D eigenvalue weighted by Crippen LogP contribution is -2.42. The number of benzene rings is 2. The average Bonchev–Trinajstić information content (AvgIpc) is 3.13. The van der Waals surface area contributed by atoms with Gasteiger partial charge in [0.1, 0.15) is 11.9 Å². The number of rotatable bonds is 8. The van der Waals surface area contributed by atoms with E-state index in [0.717, 1.165) is 16.8 Å². The Morgan fingerprint density at radius 3 is 2.57 bits per heavy atom. The predicted octanol–water partition coefficient (Wildman–Crippen LogP) is 2.43. The number of carbonyl (C=O) groups excluding carboxylic acids is 2. The third-order valence-corrected chi connectivity index (χ3v) is 7.43. The lowest BCUT2D eigenvalue weighted by atomic mass is 10.0. The second-order valence-corrected chi connectivity index (χ2v) is 11.3. The monoisotopic (exact) mass is 513 g/mol. The molecule has 9 nitrogen and oxygen atoms in total. The third kappa shape index (κ3) is 5.80. The van der Waals surface area contributed by atoms with Crippen LogP contribution in [0, 0.1) is 5.92 Å². The van der Waals surface area contributed by atoms with Gasteiger partial charge in [0.05, 0.1) is 16.3 Å². The van der Waals surface area contributed by atoms with Gasteiger partial charge in [-0.1, -0.05) is 49.9 Å². The first-order valence-electron chi connectivity index (χ1n) is 11.2. The van der Waals surface area contributed by atoms with Crippen molar-refractivity contribution >= 4 is 50.3 Å². The number of nitrogens with one attached hydrogen (secondary N) is 1. The molecule has 0 fully saturated rings. The maximum absolute atomic E-state index is 13.1. The van der Waals surface area contributed by atoms with E-state index in [4.69, 9.17) is 10.1 Å². The molecule has 0 saturated carbocycles. The third-order valence-electron chi connectivity index (χ3n) is 5.56. The number of nitrogens with two attached hydrogens (primary N) is 1. The number of hydrogen-bond donors (Lipinski definition) is 2. The van der Waals surface area contributed by atoms with Gasteiger partial charge in [-0.15, -0.1) is 0 Å². The molecule has 2 aromatic carbocycles. The van der Waals surface area contributed by atoms with E-state index < -0.39 is 16.1 Å². The number of hydrogen-bond acceptors (Lipinski definition) is 7. The molecule has 0 saturated heterocycles. The minimum atomic E-state index is -3.73. The molecule has 1 unspecified atom stereocenters. The number of carbonyl (C=O) groups is 2. The molecule has 0 radical (unpaired) electrons. The summed E-state index contributed by atoms with van der Waals surface area (Å²) in [6.07, 6.45) is 1.19. The van der Waals surface area contributed by atoms with Crippen molar-refractivity contribution in [1.29, 1.82) is 0 Å². The highest BCUT2D eigenvalue weighted by Gasteiger charge is 2.41. The molecule has 2 aliphatic rings. The zero-order valence-corrected chi connectivity index (χ0v) is 21.1. The standard InChI is InChI=1S/C24H27N5O4S2/c1-15(2)13-20-23(31)29-22(27-20)18-5-3-4-6-19(18)28-24(29)34-14-21(30)26-12-11-16-7-9-17(10-8-16)35(25,32)33/h3-10,15,20H,11-14H2,1-2H3,(H,26,30)(H2,25,32,33). The van der Waals surface area contributed by atoms with Crippen molar-refractivity contribution in [3.8, 4) is 0 Å². The van der Waals surface area contributed by atoms with Crippen LogP contribution >= 0.6 is 11.8 Å². The van der Waals surface area contributed by atoms with Gasteiger partial charge < -0.3 is 5.32 Å². The zero-order valence-electron chi connectivity index (χ0n) is 19.5. The Hall–Kier alpha value is -3.02. The van der Waals surface area contributed by atoms with Crippen molar-refractivity contribution in [2.24, 2.45) is 21.0 Å². The highest BCUT2D eigenvalue weighted by atomic mass is 32.2. The number of primary sulfonamides is 1. The molecule has 0 aromatic heterocycles. The van der Waals surface area contributed by atoms with E-state index in [2.05, 4.69) is 24.2 Å². The lowest BCUT2D eigenvalue weighted by Gasteiger charge is -2.25. The minimum absolute atomic E-state index is 0.0477. The van der Waals surface area contributed by atoms with Gasteiger partial charge >= 0.3 is 0 Å². The summed E-state index contributed by atoms with van der Waals surface area (Å²) in [6, 6.07) is 13.3. The molecule has 0 aliphatic carbocycles. The number of para-hydroxylation sites is 1. The molecule has 2 aliphatic heterocycles. The molecular weight excluding hydrogens is 486 g/mol. The van der Waals surface area contributed by atoms with Crippen molar-refractivity contribution in [2.75, 3.05) is 12.3 Å². The van der Waals surface area contributed by atoms with Gasteiger partial charge in [-0.3, -0.25) is 14.6 Å². The Labute approximate surface area is 209 Å². The summed E-state index contributed by atoms with van der Waals surface area (Å²) >= 11 is 1.20. The summed E-state index contributed by atoms with van der Waals surface area (Å²) in [4.78, 5) is 36.5. The second kappa shape index (κ2) is 10.3. The molecule has 2 amide bonds. The van der Waals surface area contributed by atoms with Gasteiger partial charge in [0.2, 0.25) is 15.9 Å². The number of fused-ring (bicyclic) bond motifs is 3. The largest absolute Gasteiger partial charge is 0.355 e. The Morgan fingerprint density at radius 1 is 1.17 bits per heavy atom. The van der Waals surface area contributed by atoms with Gasteiger partial charge in [0.25, 0.3) is 5.91 Å².